The lowest BCUT2D eigenvalue weighted by Gasteiger charge is -2.18. The van der Waals surface area contributed by atoms with Gasteiger partial charge in [0, 0.05) is 24.7 Å². The fourth-order valence-corrected chi connectivity index (χ4v) is 3.05. The van der Waals surface area contributed by atoms with Gasteiger partial charge < -0.3 is 10.2 Å². The van der Waals surface area contributed by atoms with Crippen LogP contribution < -0.4 is 5.32 Å². The molecule has 6 heteroatoms. The van der Waals surface area contributed by atoms with Crippen molar-refractivity contribution in [3.05, 3.63) is 45.2 Å². The normalized spacial score (nSPS) is 10.4. The second-order valence-corrected chi connectivity index (χ2v) is 6.49. The van der Waals surface area contributed by atoms with Crippen LogP contribution in [0.5, 0.6) is 0 Å². The summed E-state index contributed by atoms with van der Waals surface area (Å²) in [5.41, 5.74) is 0.594. The Hall–Kier alpha value is -1.59. The zero-order valence-electron chi connectivity index (χ0n) is 12.1. The van der Waals surface area contributed by atoms with E-state index in [2.05, 4.69) is 17.2 Å². The van der Waals surface area contributed by atoms with Crippen LogP contribution in [0.3, 0.4) is 0 Å². The smallest absolute Gasteiger partial charge is 0.257 e. The van der Waals surface area contributed by atoms with Gasteiger partial charge in [-0.2, -0.15) is 0 Å². The van der Waals surface area contributed by atoms with Crippen molar-refractivity contribution in [2.24, 2.45) is 0 Å². The van der Waals surface area contributed by atoms with Crippen LogP contribution in [0, 0.1) is 0 Å². The van der Waals surface area contributed by atoms with E-state index in [0.717, 1.165) is 22.2 Å². The van der Waals surface area contributed by atoms with Crippen LogP contribution in [-0.4, -0.2) is 29.4 Å². The van der Waals surface area contributed by atoms with Gasteiger partial charge in [0.15, 0.2) is 0 Å². The Morgan fingerprint density at radius 2 is 2.24 bits per heavy atom. The Balaban J connectivity index is 2.11. The lowest BCUT2D eigenvalue weighted by Crippen LogP contribution is -2.27. The molecule has 112 valence electrons. The monoisotopic (exact) mass is 323 g/mol. The predicted molar refractivity (Wildman–Crippen MR) is 88.1 cm³/mol. The number of thiophene rings is 1. The number of nitrogens with zero attached hydrogens (tertiary/aromatic N) is 2. The van der Waals surface area contributed by atoms with E-state index in [0.29, 0.717) is 17.9 Å². The number of carbonyl (C=O) groups is 1. The van der Waals surface area contributed by atoms with Crippen molar-refractivity contribution < 1.29 is 4.79 Å². The Bertz CT molecular complexity index is 614. The summed E-state index contributed by atoms with van der Waals surface area (Å²) in [5, 5.41) is 3.19. The number of hydrogen-bond acceptors (Lipinski definition) is 4. The second-order valence-electron chi connectivity index (χ2n) is 4.69. The molecule has 0 aliphatic heterocycles. The largest absolute Gasteiger partial charge is 0.369 e. The molecule has 0 unspecified atom stereocenters. The minimum atomic E-state index is -0.0498. The van der Waals surface area contributed by atoms with E-state index in [1.807, 2.05) is 12.1 Å². The molecule has 1 N–H and O–H groups in total. The molecule has 2 heterocycles. The number of nitrogens with one attached hydrogen (secondary N) is 1. The fourth-order valence-electron chi connectivity index (χ4n) is 1.91. The molecule has 0 atom stereocenters. The van der Waals surface area contributed by atoms with Crippen LogP contribution >= 0.6 is 22.9 Å². The number of halogens is 1. The maximum absolute atomic E-state index is 12.6. The molecule has 0 fully saturated rings. The van der Waals surface area contributed by atoms with Crippen LogP contribution in [0.25, 0.3) is 0 Å². The van der Waals surface area contributed by atoms with E-state index in [9.17, 15) is 4.79 Å². The molecule has 0 aliphatic rings. The molecule has 4 nitrogen and oxygen atoms in total. The highest BCUT2D eigenvalue weighted by Crippen LogP contribution is 2.23. The molecule has 0 saturated heterocycles. The molecule has 0 bridgehead atoms. The second kappa shape index (κ2) is 7.43. The summed E-state index contributed by atoms with van der Waals surface area (Å²) < 4.78 is 0.734. The van der Waals surface area contributed by atoms with Crippen LogP contribution in [0.1, 0.15) is 28.6 Å². The van der Waals surface area contributed by atoms with Crippen molar-refractivity contribution in [1.82, 2.24) is 9.88 Å². The van der Waals surface area contributed by atoms with Crippen LogP contribution in [-0.2, 0) is 6.54 Å². The van der Waals surface area contributed by atoms with Gasteiger partial charge in [-0.1, -0.05) is 18.5 Å². The zero-order valence-corrected chi connectivity index (χ0v) is 13.7. The number of rotatable bonds is 6. The van der Waals surface area contributed by atoms with Gasteiger partial charge in [-0.25, -0.2) is 4.98 Å². The molecule has 2 rings (SSSR count). The average Bonchev–Trinajstić information content (AvgIpc) is 2.89. The summed E-state index contributed by atoms with van der Waals surface area (Å²) in [6, 6.07) is 7.36. The van der Waals surface area contributed by atoms with Crippen molar-refractivity contribution in [3.8, 4) is 0 Å². The summed E-state index contributed by atoms with van der Waals surface area (Å²) in [5.74, 6) is 0.589. The standard InChI is InChI=1S/C15H18ClN3OS/c1-3-8-17-14-12(5-4-9-18-14)15(20)19(2)10-11-6-7-13(16)21-11/h4-7,9H,3,8,10H2,1-2H3,(H,17,18). The maximum Gasteiger partial charge on any atom is 0.257 e. The van der Waals surface area contributed by atoms with Crippen LogP contribution in [0.15, 0.2) is 30.5 Å². The van der Waals surface area contributed by atoms with E-state index in [1.54, 1.807) is 30.3 Å². The number of hydrogen-bond donors (Lipinski definition) is 1. The van der Waals surface area contributed by atoms with E-state index >= 15 is 0 Å². The Kier molecular flexibility index (Phi) is 5.59. The maximum atomic E-state index is 12.6. The van der Waals surface area contributed by atoms with Gasteiger partial charge >= 0.3 is 0 Å². The highest BCUT2D eigenvalue weighted by molar-refractivity contribution is 7.16. The van der Waals surface area contributed by atoms with Gasteiger partial charge in [-0.05, 0) is 30.7 Å². The first kappa shape index (κ1) is 15.8. The lowest BCUT2D eigenvalue weighted by molar-refractivity contribution is 0.0787. The third-order valence-electron chi connectivity index (χ3n) is 2.95. The number of carbonyl (C=O) groups excluding carboxylic acids is 1. The van der Waals surface area contributed by atoms with E-state index in [1.165, 1.54) is 11.3 Å². The lowest BCUT2D eigenvalue weighted by atomic mass is 10.2. The number of pyridine rings is 1. The fraction of sp³-hybridized carbons (Fsp3) is 0.333. The molecule has 0 aliphatic carbocycles. The zero-order chi connectivity index (χ0) is 15.2. The van der Waals surface area contributed by atoms with Crippen molar-refractivity contribution in [3.63, 3.8) is 0 Å². The molecule has 0 saturated carbocycles. The first-order chi connectivity index (χ1) is 10.1. The predicted octanol–water partition coefficient (Wildman–Crippen LogP) is 3.89. The molecule has 0 spiro atoms. The quantitative estimate of drug-likeness (QED) is 0.877. The summed E-state index contributed by atoms with van der Waals surface area (Å²) in [6.45, 7) is 3.41. The molecule has 21 heavy (non-hydrogen) atoms. The summed E-state index contributed by atoms with van der Waals surface area (Å²) in [6.07, 6.45) is 2.67. The third-order valence-corrected chi connectivity index (χ3v) is 4.17. The van der Waals surface area contributed by atoms with Gasteiger partial charge in [-0.3, -0.25) is 4.79 Å². The Morgan fingerprint density at radius 1 is 1.43 bits per heavy atom. The molecular weight excluding hydrogens is 306 g/mol. The average molecular weight is 324 g/mol. The van der Waals surface area contributed by atoms with E-state index in [4.69, 9.17) is 11.6 Å². The molecule has 2 aromatic rings. The van der Waals surface area contributed by atoms with Crippen molar-refractivity contribution in [1.29, 1.82) is 0 Å². The SMILES string of the molecule is CCCNc1ncccc1C(=O)N(C)Cc1ccc(Cl)s1. The van der Waals surface area contributed by atoms with E-state index in [-0.39, 0.29) is 5.91 Å². The summed E-state index contributed by atoms with van der Waals surface area (Å²) in [7, 11) is 1.78. The van der Waals surface area contributed by atoms with Gasteiger partial charge in [-0.15, -0.1) is 11.3 Å². The van der Waals surface area contributed by atoms with Crippen LogP contribution in [0.4, 0.5) is 5.82 Å². The van der Waals surface area contributed by atoms with Gasteiger partial charge in [0.25, 0.3) is 5.91 Å². The number of anilines is 1. The highest BCUT2D eigenvalue weighted by atomic mass is 35.5. The van der Waals surface area contributed by atoms with Gasteiger partial charge in [0.05, 0.1) is 16.4 Å². The minimum absolute atomic E-state index is 0.0498. The van der Waals surface area contributed by atoms with Crippen molar-refractivity contribution >= 4 is 34.7 Å². The van der Waals surface area contributed by atoms with Crippen LogP contribution in [0.2, 0.25) is 4.34 Å². The molecule has 0 aromatic carbocycles. The molecule has 1 amide bonds. The van der Waals surface area contributed by atoms with E-state index < -0.39 is 0 Å². The topological polar surface area (TPSA) is 45.2 Å². The first-order valence-electron chi connectivity index (χ1n) is 6.80. The Morgan fingerprint density at radius 3 is 2.90 bits per heavy atom. The summed E-state index contributed by atoms with van der Waals surface area (Å²) in [4.78, 5) is 19.5. The van der Waals surface area contributed by atoms with Crippen molar-refractivity contribution in [2.45, 2.75) is 19.9 Å². The molecule has 0 radical (unpaired) electrons. The number of amides is 1. The Labute approximate surface area is 133 Å². The highest BCUT2D eigenvalue weighted by Gasteiger charge is 2.17. The summed E-state index contributed by atoms with van der Waals surface area (Å²) >= 11 is 7.40. The molecule has 2 aromatic heterocycles. The van der Waals surface area contributed by atoms with Gasteiger partial charge in [0.2, 0.25) is 0 Å². The minimum Gasteiger partial charge on any atom is -0.369 e. The molecular formula is C15H18ClN3OS. The first-order valence-corrected chi connectivity index (χ1v) is 7.99. The third kappa shape index (κ3) is 4.19. The number of aromatic nitrogens is 1. The van der Waals surface area contributed by atoms with Crippen molar-refractivity contribution in [2.75, 3.05) is 18.9 Å². The van der Waals surface area contributed by atoms with Gasteiger partial charge in [0.1, 0.15) is 5.82 Å².